The van der Waals surface area contributed by atoms with Crippen LogP contribution in [-0.2, 0) is 0 Å². The highest BCUT2D eigenvalue weighted by Gasteiger charge is 2.22. The van der Waals surface area contributed by atoms with Crippen molar-refractivity contribution in [3.05, 3.63) is 11.6 Å². The van der Waals surface area contributed by atoms with E-state index in [1.807, 2.05) is 0 Å². The molecule has 0 aromatic carbocycles. The van der Waals surface area contributed by atoms with E-state index < -0.39 is 0 Å². The Balaban J connectivity index is 2.29. The van der Waals surface area contributed by atoms with E-state index in [0.29, 0.717) is 6.04 Å². The summed E-state index contributed by atoms with van der Waals surface area (Å²) < 4.78 is 0. The molecule has 1 heterocycles. The third-order valence-electron chi connectivity index (χ3n) is 3.65. The van der Waals surface area contributed by atoms with Gasteiger partial charge in [0.15, 0.2) is 0 Å². The van der Waals surface area contributed by atoms with Gasteiger partial charge in [-0.3, -0.25) is 0 Å². The summed E-state index contributed by atoms with van der Waals surface area (Å²) in [5.74, 6) is 0.833. The summed E-state index contributed by atoms with van der Waals surface area (Å²) in [6.45, 7) is 13.7. The van der Waals surface area contributed by atoms with Crippen LogP contribution in [0.2, 0.25) is 0 Å². The van der Waals surface area contributed by atoms with Crippen molar-refractivity contribution in [1.29, 1.82) is 0 Å². The first kappa shape index (κ1) is 13.7. The van der Waals surface area contributed by atoms with Gasteiger partial charge in [0.2, 0.25) is 0 Å². The first-order valence-electron chi connectivity index (χ1n) is 6.72. The van der Waals surface area contributed by atoms with Gasteiger partial charge in [-0.05, 0) is 52.6 Å². The number of nitrogens with one attached hydrogen (secondary N) is 1. The molecule has 94 valence electrons. The number of rotatable bonds is 5. The van der Waals surface area contributed by atoms with Gasteiger partial charge in [0, 0.05) is 19.1 Å². The average molecular weight is 224 g/mol. The van der Waals surface area contributed by atoms with E-state index in [2.05, 4.69) is 44.0 Å². The summed E-state index contributed by atoms with van der Waals surface area (Å²) in [6, 6.07) is 0.643. The van der Waals surface area contributed by atoms with Gasteiger partial charge in [-0.15, -0.1) is 0 Å². The lowest BCUT2D eigenvalue weighted by Crippen LogP contribution is -2.44. The molecular weight excluding hydrogens is 196 g/mol. The molecule has 0 aromatic rings. The maximum Gasteiger partial charge on any atom is 0.0139 e. The summed E-state index contributed by atoms with van der Waals surface area (Å²) in [5, 5.41) is 3.63. The Bertz CT molecular complexity index is 219. The van der Waals surface area contributed by atoms with Crippen molar-refractivity contribution in [3.8, 4) is 0 Å². The summed E-state index contributed by atoms with van der Waals surface area (Å²) in [7, 11) is 0. The van der Waals surface area contributed by atoms with E-state index in [9.17, 15) is 0 Å². The zero-order chi connectivity index (χ0) is 12.0. The smallest absolute Gasteiger partial charge is 0.0139 e. The van der Waals surface area contributed by atoms with Crippen LogP contribution < -0.4 is 5.32 Å². The van der Waals surface area contributed by atoms with Crippen LogP contribution >= 0.6 is 0 Å². The van der Waals surface area contributed by atoms with Gasteiger partial charge < -0.3 is 10.2 Å². The molecule has 0 saturated carbocycles. The molecule has 0 radical (unpaired) electrons. The molecule has 0 bridgehead atoms. The van der Waals surface area contributed by atoms with E-state index in [1.54, 1.807) is 0 Å². The number of allylic oxidation sites excluding steroid dienone is 1. The fraction of sp³-hybridized carbons (Fsp3) is 0.857. The van der Waals surface area contributed by atoms with Crippen molar-refractivity contribution in [2.45, 2.75) is 46.6 Å². The van der Waals surface area contributed by atoms with E-state index in [-0.39, 0.29) is 0 Å². The second-order valence-electron chi connectivity index (χ2n) is 5.27. The van der Waals surface area contributed by atoms with E-state index in [0.717, 1.165) is 12.5 Å². The Morgan fingerprint density at radius 2 is 2.25 bits per heavy atom. The molecule has 0 aliphatic carbocycles. The van der Waals surface area contributed by atoms with Crippen LogP contribution in [0.1, 0.15) is 40.5 Å². The van der Waals surface area contributed by atoms with Gasteiger partial charge in [-0.1, -0.05) is 18.6 Å². The number of hydrogen-bond acceptors (Lipinski definition) is 2. The van der Waals surface area contributed by atoms with Gasteiger partial charge in [0.05, 0.1) is 0 Å². The number of piperidine rings is 1. The van der Waals surface area contributed by atoms with Crippen LogP contribution in [0.4, 0.5) is 0 Å². The average Bonchev–Trinajstić information content (AvgIpc) is 2.28. The number of nitrogens with zero attached hydrogens (tertiary/aromatic N) is 1. The Labute approximate surface area is 101 Å². The second kappa shape index (κ2) is 7.08. The topological polar surface area (TPSA) is 15.3 Å². The quantitative estimate of drug-likeness (QED) is 0.722. The molecule has 2 unspecified atom stereocenters. The second-order valence-corrected chi connectivity index (χ2v) is 5.27. The molecule has 0 spiro atoms. The Kier molecular flexibility index (Phi) is 6.07. The standard InChI is InChI=1S/C14H28N2/c1-5-16-10-6-7-14(11-16)13(4)15-9-8-12(2)3/h8,13-15H,5-7,9-11H2,1-4H3. The molecule has 2 atom stereocenters. The third kappa shape index (κ3) is 4.67. The lowest BCUT2D eigenvalue weighted by atomic mass is 9.91. The molecule has 1 fully saturated rings. The molecular formula is C14H28N2. The zero-order valence-corrected chi connectivity index (χ0v) is 11.4. The highest BCUT2D eigenvalue weighted by Crippen LogP contribution is 2.19. The van der Waals surface area contributed by atoms with Gasteiger partial charge in [0.25, 0.3) is 0 Å². The summed E-state index contributed by atoms with van der Waals surface area (Å²) in [6.07, 6.45) is 5.03. The van der Waals surface area contributed by atoms with Crippen molar-refractivity contribution in [1.82, 2.24) is 10.2 Å². The molecule has 0 amide bonds. The lowest BCUT2D eigenvalue weighted by Gasteiger charge is -2.35. The fourth-order valence-corrected chi connectivity index (χ4v) is 2.40. The number of hydrogen-bond donors (Lipinski definition) is 1. The maximum atomic E-state index is 3.63. The van der Waals surface area contributed by atoms with Gasteiger partial charge in [0.1, 0.15) is 0 Å². The molecule has 2 heteroatoms. The summed E-state index contributed by atoms with van der Waals surface area (Å²) in [5.41, 5.74) is 1.40. The fourth-order valence-electron chi connectivity index (χ4n) is 2.40. The minimum Gasteiger partial charge on any atom is -0.310 e. The third-order valence-corrected chi connectivity index (χ3v) is 3.65. The monoisotopic (exact) mass is 224 g/mol. The zero-order valence-electron chi connectivity index (χ0n) is 11.4. The summed E-state index contributed by atoms with van der Waals surface area (Å²) >= 11 is 0. The molecule has 1 aliphatic rings. The Hall–Kier alpha value is -0.340. The minimum absolute atomic E-state index is 0.643. The molecule has 1 saturated heterocycles. The molecule has 2 nitrogen and oxygen atoms in total. The van der Waals surface area contributed by atoms with E-state index in [4.69, 9.17) is 0 Å². The number of likely N-dealkylation sites (tertiary alicyclic amines) is 1. The molecule has 1 aliphatic heterocycles. The Morgan fingerprint density at radius 3 is 2.88 bits per heavy atom. The SMILES string of the molecule is CCN1CCCC(C(C)NCC=C(C)C)C1. The van der Waals surface area contributed by atoms with Crippen molar-refractivity contribution in [2.24, 2.45) is 5.92 Å². The predicted octanol–water partition coefficient (Wildman–Crippen LogP) is 2.66. The van der Waals surface area contributed by atoms with Crippen molar-refractivity contribution in [3.63, 3.8) is 0 Å². The minimum atomic E-state index is 0.643. The van der Waals surface area contributed by atoms with Crippen molar-refractivity contribution >= 4 is 0 Å². The summed E-state index contributed by atoms with van der Waals surface area (Å²) in [4.78, 5) is 2.58. The van der Waals surface area contributed by atoms with Crippen molar-refractivity contribution in [2.75, 3.05) is 26.2 Å². The maximum absolute atomic E-state index is 3.63. The normalized spacial score (nSPS) is 24.1. The van der Waals surface area contributed by atoms with Crippen LogP contribution in [0.15, 0.2) is 11.6 Å². The van der Waals surface area contributed by atoms with Crippen LogP contribution in [0, 0.1) is 5.92 Å². The van der Waals surface area contributed by atoms with Crippen LogP contribution in [0.5, 0.6) is 0 Å². The van der Waals surface area contributed by atoms with E-state index in [1.165, 1.54) is 38.0 Å². The lowest BCUT2D eigenvalue weighted by molar-refractivity contribution is 0.158. The molecule has 1 rings (SSSR count). The van der Waals surface area contributed by atoms with E-state index >= 15 is 0 Å². The highest BCUT2D eigenvalue weighted by atomic mass is 15.1. The predicted molar refractivity (Wildman–Crippen MR) is 71.7 cm³/mol. The van der Waals surface area contributed by atoms with Crippen molar-refractivity contribution < 1.29 is 0 Å². The first-order valence-corrected chi connectivity index (χ1v) is 6.72. The van der Waals surface area contributed by atoms with Crippen LogP contribution in [-0.4, -0.2) is 37.1 Å². The van der Waals surface area contributed by atoms with Crippen LogP contribution in [0.25, 0.3) is 0 Å². The van der Waals surface area contributed by atoms with Crippen LogP contribution in [0.3, 0.4) is 0 Å². The molecule has 1 N–H and O–H groups in total. The van der Waals surface area contributed by atoms with Gasteiger partial charge in [-0.2, -0.15) is 0 Å². The van der Waals surface area contributed by atoms with Gasteiger partial charge in [-0.25, -0.2) is 0 Å². The molecule has 16 heavy (non-hydrogen) atoms. The van der Waals surface area contributed by atoms with Gasteiger partial charge >= 0.3 is 0 Å². The first-order chi connectivity index (χ1) is 7.63. The Morgan fingerprint density at radius 1 is 1.50 bits per heavy atom. The largest absolute Gasteiger partial charge is 0.310 e. The molecule has 0 aromatic heterocycles. The highest BCUT2D eigenvalue weighted by molar-refractivity contribution is 4.95.